The lowest BCUT2D eigenvalue weighted by Gasteiger charge is -2.16. The van der Waals surface area contributed by atoms with E-state index >= 15 is 0 Å². The van der Waals surface area contributed by atoms with Crippen LogP contribution in [0.2, 0.25) is 0 Å². The molecule has 1 aliphatic heterocycles. The lowest BCUT2D eigenvalue weighted by molar-refractivity contribution is 0.00485. The molecule has 1 fully saturated rings. The van der Waals surface area contributed by atoms with Crippen molar-refractivity contribution < 1.29 is 32.7 Å². The predicted octanol–water partition coefficient (Wildman–Crippen LogP) is 10.4. The third kappa shape index (κ3) is 19.8. The fourth-order valence-electron chi connectivity index (χ4n) is 6.64. The molecule has 4 rings (SSSR count). The first kappa shape index (κ1) is 47.7. The number of aliphatic hydroxyl groups excluding tert-OH is 1. The van der Waals surface area contributed by atoms with Gasteiger partial charge >= 0.3 is 7.82 Å². The van der Waals surface area contributed by atoms with E-state index in [9.17, 15) is 13.8 Å². The van der Waals surface area contributed by atoms with E-state index in [-0.39, 0.29) is 37.6 Å². The fourth-order valence-corrected chi connectivity index (χ4v) is 7.43. The number of hydrogen-bond acceptors (Lipinski definition) is 10. The minimum absolute atomic E-state index is 0.0178. The number of unbranched alkanes of at least 4 members (excludes halogenated alkanes) is 18. The lowest BCUT2D eigenvalue weighted by atomic mass is 10.0. The number of phosphoric acid groups is 1. The number of aromatic nitrogens is 3. The number of hydrogen-bond donors (Lipinski definition) is 3. The summed E-state index contributed by atoms with van der Waals surface area (Å²) in [5.41, 5.74) is 8.18. The summed E-state index contributed by atoms with van der Waals surface area (Å²) >= 11 is 0. The van der Waals surface area contributed by atoms with E-state index in [2.05, 4.69) is 23.6 Å². The number of aliphatic hydroxyl groups is 1. The number of phosphoric ester groups is 1. The van der Waals surface area contributed by atoms with E-state index in [0.29, 0.717) is 11.4 Å². The number of ether oxygens (including phenoxy) is 1. The van der Waals surface area contributed by atoms with Crippen molar-refractivity contribution in [3.8, 4) is 12.6 Å². The van der Waals surface area contributed by atoms with Gasteiger partial charge in [0.05, 0.1) is 43.3 Å². The molecule has 3 atom stereocenters. The fraction of sp³-hybridized carbons (Fsp3) is 0.659. The summed E-state index contributed by atoms with van der Waals surface area (Å²) in [5.74, 6) is -0.0781. The second-order valence-electron chi connectivity index (χ2n) is 14.1. The van der Waals surface area contributed by atoms with Gasteiger partial charge in [0.1, 0.15) is 23.8 Å². The first-order valence-electron chi connectivity index (χ1n) is 20.2. The normalized spacial score (nSPS) is 16.1. The number of halogens is 1. The first-order chi connectivity index (χ1) is 26.8. The highest BCUT2D eigenvalue weighted by Crippen LogP contribution is 2.45. The Morgan fingerprint density at radius 1 is 0.909 bits per heavy atom. The smallest absolute Gasteiger partial charge is 0.392 e. The molecule has 1 saturated heterocycles. The number of nitrogens with zero attached hydrogens (tertiary/aromatic N) is 5. The highest BCUT2D eigenvalue weighted by Gasteiger charge is 2.31. The van der Waals surface area contributed by atoms with Gasteiger partial charge in [-0.25, -0.2) is 23.7 Å². The molecule has 0 bridgehead atoms. The molecule has 2 aromatic heterocycles. The third-order valence-corrected chi connectivity index (χ3v) is 10.6. The van der Waals surface area contributed by atoms with Gasteiger partial charge in [-0.15, -0.1) is 0 Å². The van der Waals surface area contributed by atoms with Crippen molar-refractivity contribution in [2.24, 2.45) is 0 Å². The summed E-state index contributed by atoms with van der Waals surface area (Å²) in [6.45, 7) is 5.79. The van der Waals surface area contributed by atoms with Gasteiger partial charge in [0, 0.05) is 6.57 Å². The second kappa shape index (κ2) is 28.9. The molecule has 0 spiro atoms. The van der Waals surface area contributed by atoms with Crippen LogP contribution in [0.5, 0.6) is 0 Å². The summed E-state index contributed by atoms with van der Waals surface area (Å²) in [6.07, 6.45) is 27.4. The van der Waals surface area contributed by atoms with Crippen LogP contribution in [0.15, 0.2) is 36.7 Å². The Bertz CT molecular complexity index is 1580. The SMILES string of the molecule is C#N.CCCCCCCCCCCCCCCCCCCCCOP(=O)(O)OCC1CCC(c2ccc3c(N)ncnn23)O1.N#Cc1cc(F)cc(CO)c1. The Labute approximate surface area is 327 Å². The Morgan fingerprint density at radius 2 is 1.47 bits per heavy atom. The molecule has 0 radical (unpaired) electrons. The third-order valence-electron chi connectivity index (χ3n) is 9.64. The molecule has 1 aliphatic rings. The summed E-state index contributed by atoms with van der Waals surface area (Å²) < 4.78 is 43.1. The molecule has 306 valence electrons. The zero-order valence-electron chi connectivity index (χ0n) is 32.8. The van der Waals surface area contributed by atoms with Crippen LogP contribution < -0.4 is 5.73 Å². The average molecular weight is 787 g/mol. The van der Waals surface area contributed by atoms with Crippen LogP contribution in [-0.2, 0) is 25.0 Å². The molecule has 4 N–H and O–H groups in total. The maximum atomic E-state index is 12.5. The van der Waals surface area contributed by atoms with Crippen LogP contribution in [0.1, 0.15) is 165 Å². The molecule has 3 unspecified atom stereocenters. The van der Waals surface area contributed by atoms with Crippen molar-refractivity contribution >= 4 is 19.2 Å². The number of benzene rings is 1. The molecule has 12 nitrogen and oxygen atoms in total. The largest absolute Gasteiger partial charge is 0.472 e. The summed E-state index contributed by atoms with van der Waals surface area (Å²) in [7, 11) is -4.09. The zero-order chi connectivity index (χ0) is 40.2. The molecule has 3 heterocycles. The average Bonchev–Trinajstić information content (AvgIpc) is 3.85. The number of nitrogens with two attached hydrogens (primary N) is 1. The van der Waals surface area contributed by atoms with Crippen molar-refractivity contribution in [1.29, 1.82) is 10.5 Å². The van der Waals surface area contributed by atoms with Crippen molar-refractivity contribution in [2.45, 2.75) is 161 Å². The predicted molar refractivity (Wildman–Crippen MR) is 213 cm³/mol. The molecule has 14 heteroatoms. The first-order valence-corrected chi connectivity index (χ1v) is 21.7. The van der Waals surface area contributed by atoms with Crippen molar-refractivity contribution in [3.63, 3.8) is 0 Å². The minimum atomic E-state index is -4.09. The van der Waals surface area contributed by atoms with Crippen molar-refractivity contribution in [3.05, 3.63) is 59.3 Å². The van der Waals surface area contributed by atoms with E-state index in [0.717, 1.165) is 49.4 Å². The van der Waals surface area contributed by atoms with Crippen LogP contribution >= 0.6 is 7.82 Å². The Kier molecular flexibility index (Phi) is 25.1. The second-order valence-corrected chi connectivity index (χ2v) is 15.6. The van der Waals surface area contributed by atoms with Gasteiger partial charge in [-0.05, 0) is 55.2 Å². The van der Waals surface area contributed by atoms with Gasteiger partial charge in [-0.1, -0.05) is 122 Å². The van der Waals surface area contributed by atoms with Gasteiger partial charge in [0.25, 0.3) is 0 Å². The van der Waals surface area contributed by atoms with Crippen LogP contribution in [0.3, 0.4) is 0 Å². The van der Waals surface area contributed by atoms with E-state index < -0.39 is 13.6 Å². The molecule has 55 heavy (non-hydrogen) atoms. The maximum Gasteiger partial charge on any atom is 0.472 e. The van der Waals surface area contributed by atoms with Crippen molar-refractivity contribution in [2.75, 3.05) is 18.9 Å². The number of nitriles is 2. The summed E-state index contributed by atoms with van der Waals surface area (Å²) in [6, 6.07) is 9.35. The van der Waals surface area contributed by atoms with Gasteiger partial charge in [0.15, 0.2) is 5.82 Å². The summed E-state index contributed by atoms with van der Waals surface area (Å²) in [5, 5.41) is 27.8. The van der Waals surface area contributed by atoms with Crippen LogP contribution in [-0.4, -0.2) is 43.9 Å². The standard InChI is InChI=1S/C32H57N4O5P.C8H6FNO.CHN/c1-2-3-4-5-6-7-8-9-10-11-12-13-14-15-16-17-18-19-20-25-39-42(37,38)40-26-28-21-24-31(41-28)29-22-23-30-32(33)34-27-35-36(29)30;9-8-2-6(4-10)1-7(3-8)5-11;1-2/h22-23,27-28,31H,2-21,24-26H2,1H3,(H,37,38)(H2,33,34,35);1-3,11H,5H2;1H. The van der Waals surface area contributed by atoms with Gasteiger partial charge in [-0.2, -0.15) is 10.4 Å². The number of rotatable bonds is 26. The molecular formula is C41H64FN6O6P. The Morgan fingerprint density at radius 3 is 2.02 bits per heavy atom. The number of nitrogen functional groups attached to an aromatic ring is 1. The summed E-state index contributed by atoms with van der Waals surface area (Å²) in [4.78, 5) is 14.1. The monoisotopic (exact) mass is 786 g/mol. The number of fused-ring (bicyclic) bond motifs is 1. The molecule has 1 aromatic carbocycles. The molecule has 0 saturated carbocycles. The Balaban J connectivity index is 0.000000682. The minimum Gasteiger partial charge on any atom is -0.392 e. The van der Waals surface area contributed by atoms with E-state index in [4.69, 9.17) is 35.1 Å². The van der Waals surface area contributed by atoms with E-state index in [1.54, 1.807) is 10.6 Å². The van der Waals surface area contributed by atoms with Crippen LogP contribution in [0, 0.1) is 29.0 Å². The molecular weight excluding hydrogens is 722 g/mol. The van der Waals surface area contributed by atoms with E-state index in [1.807, 2.05) is 12.1 Å². The van der Waals surface area contributed by atoms with Gasteiger partial charge in [-0.3, -0.25) is 9.05 Å². The van der Waals surface area contributed by atoms with Gasteiger partial charge in [0.2, 0.25) is 0 Å². The highest BCUT2D eigenvalue weighted by molar-refractivity contribution is 7.47. The van der Waals surface area contributed by atoms with Crippen molar-refractivity contribution in [1.82, 2.24) is 14.6 Å². The Hall–Kier alpha value is -3.42. The molecule has 0 aliphatic carbocycles. The quantitative estimate of drug-likeness (QED) is 0.0518. The highest BCUT2D eigenvalue weighted by atomic mass is 31.2. The van der Waals surface area contributed by atoms with Crippen LogP contribution in [0.4, 0.5) is 10.2 Å². The molecule has 3 aromatic rings. The van der Waals surface area contributed by atoms with Crippen LogP contribution in [0.25, 0.3) is 5.52 Å². The van der Waals surface area contributed by atoms with Gasteiger partial charge < -0.3 is 20.5 Å². The lowest BCUT2D eigenvalue weighted by Crippen LogP contribution is -2.15. The number of anilines is 1. The maximum absolute atomic E-state index is 12.5. The zero-order valence-corrected chi connectivity index (χ0v) is 33.7. The topological polar surface area (TPSA) is 189 Å². The molecule has 0 amide bonds. The van der Waals surface area contributed by atoms with E-state index in [1.165, 1.54) is 121 Å².